The van der Waals surface area contributed by atoms with E-state index < -0.39 is 5.82 Å². The Hall–Kier alpha value is -3.06. The number of nitrogens with zero attached hydrogens (tertiary/aromatic N) is 4. The fourth-order valence-electron chi connectivity index (χ4n) is 4.05. The van der Waals surface area contributed by atoms with Crippen molar-refractivity contribution in [1.82, 2.24) is 20.1 Å². The normalized spacial score (nSPS) is 17.4. The first-order valence-corrected chi connectivity index (χ1v) is 9.70. The van der Waals surface area contributed by atoms with Crippen molar-refractivity contribution in [3.8, 4) is 11.3 Å². The summed E-state index contributed by atoms with van der Waals surface area (Å²) in [7, 11) is 1.75. The lowest BCUT2D eigenvalue weighted by molar-refractivity contribution is 0.484. The van der Waals surface area contributed by atoms with Gasteiger partial charge in [0.1, 0.15) is 11.0 Å². The van der Waals surface area contributed by atoms with Crippen molar-refractivity contribution in [3.05, 3.63) is 54.2 Å². The van der Waals surface area contributed by atoms with Crippen LogP contribution < -0.4 is 10.2 Å². The zero-order valence-electron chi connectivity index (χ0n) is 16.3. The Morgan fingerprint density at radius 1 is 1.03 bits per heavy atom. The second-order valence-corrected chi connectivity index (χ2v) is 7.70. The van der Waals surface area contributed by atoms with Gasteiger partial charge in [-0.2, -0.15) is 5.10 Å². The van der Waals surface area contributed by atoms with E-state index in [1.807, 2.05) is 24.3 Å². The van der Waals surface area contributed by atoms with Crippen molar-refractivity contribution in [2.24, 2.45) is 7.05 Å². The van der Waals surface area contributed by atoms with Crippen molar-refractivity contribution >= 4 is 27.5 Å². The molecule has 4 aromatic rings. The van der Waals surface area contributed by atoms with E-state index in [-0.39, 0.29) is 5.82 Å². The van der Waals surface area contributed by atoms with Gasteiger partial charge in [-0.1, -0.05) is 6.07 Å². The Bertz CT molecular complexity index is 1230. The number of piperazine rings is 1. The molecule has 148 valence electrons. The summed E-state index contributed by atoms with van der Waals surface area (Å²) in [5.41, 5.74) is 2.61. The van der Waals surface area contributed by atoms with Gasteiger partial charge in [-0.25, -0.2) is 13.8 Å². The van der Waals surface area contributed by atoms with Crippen LogP contribution in [-0.4, -0.2) is 40.4 Å². The molecule has 2 aromatic carbocycles. The molecule has 1 aliphatic rings. The molecule has 1 atom stereocenters. The number of hydrogen-bond donors (Lipinski definition) is 1. The van der Waals surface area contributed by atoms with Gasteiger partial charge in [-0.3, -0.25) is 4.68 Å². The van der Waals surface area contributed by atoms with Gasteiger partial charge < -0.3 is 10.2 Å². The second kappa shape index (κ2) is 6.77. The number of nitrogens with one attached hydrogen (secondary N) is 1. The summed E-state index contributed by atoms with van der Waals surface area (Å²) >= 11 is 0. The first-order chi connectivity index (χ1) is 14.0. The van der Waals surface area contributed by atoms with Crippen LogP contribution in [-0.2, 0) is 7.05 Å². The molecule has 0 aliphatic carbocycles. The third-order valence-electron chi connectivity index (χ3n) is 5.44. The fraction of sp³-hybridized carbons (Fsp3) is 0.273. The second-order valence-electron chi connectivity index (χ2n) is 7.70. The molecule has 29 heavy (non-hydrogen) atoms. The van der Waals surface area contributed by atoms with Gasteiger partial charge in [-0.15, -0.1) is 0 Å². The van der Waals surface area contributed by atoms with Crippen LogP contribution in [0, 0.1) is 11.6 Å². The van der Waals surface area contributed by atoms with Crippen LogP contribution in [0.1, 0.15) is 6.92 Å². The van der Waals surface area contributed by atoms with E-state index in [4.69, 9.17) is 0 Å². The molecule has 3 heterocycles. The molecule has 2 aromatic heterocycles. The fourth-order valence-corrected chi connectivity index (χ4v) is 4.05. The minimum Gasteiger partial charge on any atom is -0.369 e. The van der Waals surface area contributed by atoms with Crippen molar-refractivity contribution in [3.63, 3.8) is 0 Å². The molecular formula is C22H21F2N5. The molecule has 0 bridgehead atoms. The molecule has 0 saturated carbocycles. The third kappa shape index (κ3) is 3.21. The van der Waals surface area contributed by atoms with E-state index in [1.165, 1.54) is 6.07 Å². The number of aryl methyl sites for hydroxylation is 1. The highest BCUT2D eigenvalue weighted by atomic mass is 19.1. The number of pyridine rings is 1. The lowest BCUT2D eigenvalue weighted by Crippen LogP contribution is -2.49. The van der Waals surface area contributed by atoms with Gasteiger partial charge in [0.25, 0.3) is 0 Å². The summed E-state index contributed by atoms with van der Waals surface area (Å²) in [4.78, 5) is 6.69. The monoisotopic (exact) mass is 393 g/mol. The zero-order chi connectivity index (χ0) is 20.1. The number of hydrogen-bond acceptors (Lipinski definition) is 4. The summed E-state index contributed by atoms with van der Waals surface area (Å²) in [6.07, 6.45) is 1.75. The molecular weight excluding hydrogens is 372 g/mol. The minimum absolute atomic E-state index is 0.293. The Labute approximate surface area is 167 Å². The van der Waals surface area contributed by atoms with Crippen LogP contribution in [0.4, 0.5) is 14.5 Å². The zero-order valence-corrected chi connectivity index (χ0v) is 16.3. The maximum absolute atomic E-state index is 14.9. The van der Waals surface area contributed by atoms with Gasteiger partial charge in [0, 0.05) is 60.9 Å². The Balaban J connectivity index is 1.57. The van der Waals surface area contributed by atoms with Crippen LogP contribution in [0.25, 0.3) is 33.1 Å². The predicted octanol–water partition coefficient (Wildman–Crippen LogP) is 3.86. The quantitative estimate of drug-likeness (QED) is 0.562. The summed E-state index contributed by atoms with van der Waals surface area (Å²) < 4.78 is 31.0. The standard InChI is InChI=1S/C22H21F2N5/c1-13-11-29(6-5-25-13)17-8-14-3-4-20(26-21(14)19(24)10-17)15-7-16-12-28(2)27-22(16)18(23)9-15/h3-4,7-10,12-13,25H,5-6,11H2,1-2H3/t13-/m1/s1. The highest BCUT2D eigenvalue weighted by Gasteiger charge is 2.18. The first-order valence-electron chi connectivity index (χ1n) is 9.70. The van der Waals surface area contributed by atoms with Crippen LogP contribution in [0.2, 0.25) is 0 Å². The molecule has 1 N–H and O–H groups in total. The number of benzene rings is 2. The highest BCUT2D eigenvalue weighted by Crippen LogP contribution is 2.30. The molecule has 0 spiro atoms. The summed E-state index contributed by atoms with van der Waals surface area (Å²) in [5.74, 6) is -0.780. The number of fused-ring (bicyclic) bond motifs is 2. The molecule has 0 unspecified atom stereocenters. The van der Waals surface area contributed by atoms with E-state index in [1.54, 1.807) is 24.0 Å². The number of aromatic nitrogens is 3. The summed E-state index contributed by atoms with van der Waals surface area (Å²) in [6.45, 7) is 4.67. The molecule has 5 nitrogen and oxygen atoms in total. The average Bonchev–Trinajstić information content (AvgIpc) is 3.08. The van der Waals surface area contributed by atoms with Crippen LogP contribution in [0.5, 0.6) is 0 Å². The van der Waals surface area contributed by atoms with Crippen molar-refractivity contribution in [2.75, 3.05) is 24.5 Å². The predicted molar refractivity (Wildman–Crippen MR) is 111 cm³/mol. The SMILES string of the molecule is C[C@@H]1CN(c2cc(F)c3nc(-c4cc(F)c5nn(C)cc5c4)ccc3c2)CCN1. The van der Waals surface area contributed by atoms with Gasteiger partial charge in [-0.05, 0) is 37.3 Å². The third-order valence-corrected chi connectivity index (χ3v) is 5.44. The summed E-state index contributed by atoms with van der Waals surface area (Å²) in [5, 5.41) is 8.94. The number of rotatable bonds is 2. The topological polar surface area (TPSA) is 46.0 Å². The van der Waals surface area contributed by atoms with Crippen LogP contribution >= 0.6 is 0 Å². The van der Waals surface area contributed by atoms with E-state index in [9.17, 15) is 8.78 Å². The molecule has 5 rings (SSSR count). The van der Waals surface area contributed by atoms with Crippen molar-refractivity contribution in [2.45, 2.75) is 13.0 Å². The molecule has 7 heteroatoms. The van der Waals surface area contributed by atoms with Crippen LogP contribution in [0.15, 0.2) is 42.6 Å². The lowest BCUT2D eigenvalue weighted by Gasteiger charge is -2.33. The smallest absolute Gasteiger partial charge is 0.151 e. The van der Waals surface area contributed by atoms with E-state index in [0.29, 0.717) is 33.7 Å². The van der Waals surface area contributed by atoms with Gasteiger partial charge in [0.15, 0.2) is 11.6 Å². The van der Waals surface area contributed by atoms with Gasteiger partial charge in [0.2, 0.25) is 0 Å². The van der Waals surface area contributed by atoms with Crippen LogP contribution in [0.3, 0.4) is 0 Å². The van der Waals surface area contributed by atoms with Gasteiger partial charge >= 0.3 is 0 Å². The summed E-state index contributed by atoms with van der Waals surface area (Å²) in [6, 6.07) is 10.8. The van der Waals surface area contributed by atoms with Crippen molar-refractivity contribution in [1.29, 1.82) is 0 Å². The largest absolute Gasteiger partial charge is 0.369 e. The number of halogens is 2. The van der Waals surface area contributed by atoms with Crippen molar-refractivity contribution < 1.29 is 8.78 Å². The first kappa shape index (κ1) is 18.0. The Morgan fingerprint density at radius 2 is 1.86 bits per heavy atom. The van der Waals surface area contributed by atoms with Gasteiger partial charge in [0.05, 0.1) is 5.69 Å². The minimum atomic E-state index is -0.413. The molecule has 0 amide bonds. The van der Waals surface area contributed by atoms with E-state index >= 15 is 0 Å². The van der Waals surface area contributed by atoms with E-state index in [0.717, 1.165) is 30.7 Å². The maximum atomic E-state index is 14.9. The number of anilines is 1. The Kier molecular flexibility index (Phi) is 4.20. The molecule has 0 radical (unpaired) electrons. The molecule has 1 aliphatic heterocycles. The average molecular weight is 393 g/mol. The lowest BCUT2D eigenvalue weighted by atomic mass is 10.1. The molecule has 1 saturated heterocycles. The highest BCUT2D eigenvalue weighted by molar-refractivity contribution is 5.88. The Morgan fingerprint density at radius 3 is 2.69 bits per heavy atom. The van der Waals surface area contributed by atoms with E-state index in [2.05, 4.69) is 27.2 Å². The molecule has 1 fully saturated rings. The maximum Gasteiger partial charge on any atom is 0.151 e.